The van der Waals surface area contributed by atoms with Crippen LogP contribution in [-0.2, 0) is 23.0 Å². The number of benzene rings is 2. The van der Waals surface area contributed by atoms with Crippen molar-refractivity contribution in [3.05, 3.63) is 69.5 Å². The van der Waals surface area contributed by atoms with Crippen molar-refractivity contribution in [2.45, 2.75) is 68.9 Å². The first-order valence-corrected chi connectivity index (χ1v) is 14.1. The molecule has 0 aliphatic heterocycles. The summed E-state index contributed by atoms with van der Waals surface area (Å²) in [4.78, 5) is 3.54. The molecule has 10 heteroatoms. The van der Waals surface area contributed by atoms with E-state index >= 15 is 0 Å². The maximum Gasteiger partial charge on any atom is 0.534 e. The summed E-state index contributed by atoms with van der Waals surface area (Å²) >= 11 is 6.55. The summed E-state index contributed by atoms with van der Waals surface area (Å²) in [6.45, 7) is 9.50. The highest BCUT2D eigenvalue weighted by atomic mass is 35.5. The van der Waals surface area contributed by atoms with Gasteiger partial charge in [0.2, 0.25) is 5.69 Å². The number of rotatable bonds is 4. The highest BCUT2D eigenvalue weighted by Crippen LogP contribution is 2.65. The zero-order valence-corrected chi connectivity index (χ0v) is 21.8. The molecular formula is C27H27ClF3NO4S. The Hall–Kier alpha value is -2.28. The van der Waals surface area contributed by atoms with E-state index in [9.17, 15) is 26.7 Å². The minimum Gasteiger partial charge on any atom is -0.389 e. The summed E-state index contributed by atoms with van der Waals surface area (Å²) in [6.07, 6.45) is 5.30. The fourth-order valence-electron chi connectivity index (χ4n) is 7.27. The molecule has 0 amide bonds. The van der Waals surface area contributed by atoms with Crippen molar-refractivity contribution < 1.29 is 30.9 Å². The van der Waals surface area contributed by atoms with Gasteiger partial charge in [0.15, 0.2) is 0 Å². The predicted molar refractivity (Wildman–Crippen MR) is 133 cm³/mol. The van der Waals surface area contributed by atoms with Crippen molar-refractivity contribution in [2.24, 2.45) is 17.3 Å². The number of hydrogen-bond acceptors (Lipinski definition) is 4. The molecule has 2 fully saturated rings. The second-order valence-electron chi connectivity index (χ2n) is 10.8. The first-order chi connectivity index (χ1) is 17.3. The molecule has 37 heavy (non-hydrogen) atoms. The van der Waals surface area contributed by atoms with E-state index in [-0.39, 0.29) is 5.41 Å². The first-order valence-electron chi connectivity index (χ1n) is 12.3. The van der Waals surface area contributed by atoms with Crippen molar-refractivity contribution in [1.29, 1.82) is 0 Å². The van der Waals surface area contributed by atoms with Crippen molar-refractivity contribution in [1.82, 2.24) is 0 Å². The van der Waals surface area contributed by atoms with Crippen LogP contribution >= 0.6 is 11.6 Å². The number of fused-ring (bicyclic) bond motifs is 5. The van der Waals surface area contributed by atoms with Crippen molar-refractivity contribution >= 4 is 27.4 Å². The van der Waals surface area contributed by atoms with Gasteiger partial charge in [-0.1, -0.05) is 42.8 Å². The standard InChI is InChI=1S/C27H27ClF3NO4S/c1-25-13-11-19-18-9-10-23(32-2)24(28)21(18)8-7-20(19)22(25)12-14-26(25,33)15-16-3-5-17(6-4-16)36-37(34,35)27(29,30)31/h3-6,9-10,19-20,22,33H,7-8,11-15H2,1H3/t19?,20?,22?,25-,26+/m0/s1. The number of aliphatic hydroxyl groups is 1. The lowest BCUT2D eigenvalue weighted by Gasteiger charge is -2.53. The molecule has 3 aliphatic rings. The van der Waals surface area contributed by atoms with Gasteiger partial charge in [-0.05, 0) is 90.5 Å². The highest BCUT2D eigenvalue weighted by molar-refractivity contribution is 7.88. The lowest BCUT2D eigenvalue weighted by Crippen LogP contribution is -2.51. The molecule has 5 atom stereocenters. The summed E-state index contributed by atoms with van der Waals surface area (Å²) in [7, 11) is -5.74. The second-order valence-corrected chi connectivity index (χ2v) is 12.7. The average molecular weight is 554 g/mol. The molecule has 0 radical (unpaired) electrons. The number of halogens is 4. The Morgan fingerprint density at radius 1 is 1.14 bits per heavy atom. The third kappa shape index (κ3) is 4.21. The quantitative estimate of drug-likeness (QED) is 0.253. The van der Waals surface area contributed by atoms with E-state index in [0.29, 0.717) is 46.9 Å². The van der Waals surface area contributed by atoms with E-state index < -0.39 is 27.0 Å². The van der Waals surface area contributed by atoms with E-state index in [4.69, 9.17) is 18.2 Å². The Kier molecular flexibility index (Phi) is 6.33. The molecule has 198 valence electrons. The zero-order chi connectivity index (χ0) is 26.8. The fourth-order valence-corrected chi connectivity index (χ4v) is 8.04. The van der Waals surface area contributed by atoms with Crippen LogP contribution in [-0.4, -0.2) is 24.6 Å². The molecule has 2 aromatic rings. The summed E-state index contributed by atoms with van der Waals surface area (Å²) in [5.74, 6) is 0.625. The van der Waals surface area contributed by atoms with Gasteiger partial charge in [0.1, 0.15) is 5.75 Å². The third-order valence-corrected chi connectivity index (χ3v) is 10.6. The van der Waals surface area contributed by atoms with E-state index in [1.807, 2.05) is 6.07 Å². The Bertz CT molecular complexity index is 1370. The minimum atomic E-state index is -5.74. The monoisotopic (exact) mass is 553 g/mol. The maximum atomic E-state index is 12.6. The van der Waals surface area contributed by atoms with E-state index in [1.165, 1.54) is 29.8 Å². The van der Waals surface area contributed by atoms with Gasteiger partial charge in [-0.15, -0.1) is 0 Å². The normalized spacial score (nSPS) is 31.1. The van der Waals surface area contributed by atoms with Gasteiger partial charge < -0.3 is 9.29 Å². The SMILES string of the molecule is [C-]#[N+]c1ccc2c(c1Cl)CCC1C2CC[C@@]2(C)C1CC[C@@]2(O)Cc1ccc(OS(=O)(=O)C(F)(F)F)cc1. The largest absolute Gasteiger partial charge is 0.534 e. The van der Waals surface area contributed by atoms with E-state index in [2.05, 4.69) is 22.0 Å². The molecule has 0 bridgehead atoms. The molecule has 0 aromatic heterocycles. The summed E-state index contributed by atoms with van der Waals surface area (Å²) in [5.41, 5.74) is -3.32. The molecule has 1 N–H and O–H groups in total. The number of alkyl halides is 3. The van der Waals surface area contributed by atoms with Crippen LogP contribution in [0.3, 0.4) is 0 Å². The van der Waals surface area contributed by atoms with Crippen LogP contribution in [0.15, 0.2) is 36.4 Å². The van der Waals surface area contributed by atoms with Crippen LogP contribution in [0.1, 0.15) is 61.6 Å². The van der Waals surface area contributed by atoms with Crippen molar-refractivity contribution in [3.8, 4) is 5.75 Å². The van der Waals surface area contributed by atoms with Gasteiger partial charge in [-0.2, -0.15) is 21.6 Å². The van der Waals surface area contributed by atoms with E-state index in [1.54, 1.807) is 0 Å². The van der Waals surface area contributed by atoms with Crippen LogP contribution < -0.4 is 4.18 Å². The van der Waals surface area contributed by atoms with Gasteiger partial charge in [0.25, 0.3) is 0 Å². The zero-order valence-electron chi connectivity index (χ0n) is 20.2. The lowest BCUT2D eigenvalue weighted by atomic mass is 9.52. The van der Waals surface area contributed by atoms with Gasteiger partial charge in [0.05, 0.1) is 17.2 Å². The highest BCUT2D eigenvalue weighted by Gasteiger charge is 2.61. The average Bonchev–Trinajstić information content (AvgIpc) is 3.10. The molecular weight excluding hydrogens is 527 g/mol. The fraction of sp³-hybridized carbons (Fsp3) is 0.519. The molecule has 3 aliphatic carbocycles. The van der Waals surface area contributed by atoms with Gasteiger partial charge in [-0.3, -0.25) is 0 Å². The maximum absolute atomic E-state index is 12.6. The van der Waals surface area contributed by atoms with Crippen LogP contribution in [0.25, 0.3) is 4.85 Å². The topological polar surface area (TPSA) is 68.0 Å². The molecule has 0 spiro atoms. The van der Waals surface area contributed by atoms with Crippen LogP contribution in [0.2, 0.25) is 5.02 Å². The molecule has 0 saturated heterocycles. The minimum absolute atomic E-state index is 0.309. The Morgan fingerprint density at radius 2 is 1.84 bits per heavy atom. The molecule has 2 aromatic carbocycles. The van der Waals surface area contributed by atoms with Gasteiger partial charge in [0, 0.05) is 6.42 Å². The smallest absolute Gasteiger partial charge is 0.389 e. The van der Waals surface area contributed by atoms with Crippen LogP contribution in [0.4, 0.5) is 18.9 Å². The molecule has 3 unspecified atom stereocenters. The Balaban J connectivity index is 1.35. The summed E-state index contributed by atoms with van der Waals surface area (Å²) in [5, 5.41) is 12.5. The van der Waals surface area contributed by atoms with E-state index in [0.717, 1.165) is 37.7 Å². The van der Waals surface area contributed by atoms with Crippen LogP contribution in [0.5, 0.6) is 5.75 Å². The molecule has 5 nitrogen and oxygen atoms in total. The molecule has 0 heterocycles. The predicted octanol–water partition coefficient (Wildman–Crippen LogP) is 6.95. The molecule has 5 rings (SSSR count). The Labute approximate surface area is 219 Å². The number of hydrogen-bond donors (Lipinski definition) is 1. The summed E-state index contributed by atoms with van der Waals surface area (Å²) in [6, 6.07) is 9.25. The van der Waals surface area contributed by atoms with Crippen molar-refractivity contribution in [3.63, 3.8) is 0 Å². The van der Waals surface area contributed by atoms with Gasteiger partial charge in [-0.25, -0.2) is 4.85 Å². The molecule has 2 saturated carbocycles. The van der Waals surface area contributed by atoms with Crippen molar-refractivity contribution in [2.75, 3.05) is 0 Å². The summed E-state index contributed by atoms with van der Waals surface area (Å²) < 4.78 is 64.6. The van der Waals surface area contributed by atoms with Crippen LogP contribution in [0, 0.1) is 23.8 Å². The second kappa shape index (κ2) is 8.89. The van der Waals surface area contributed by atoms with Gasteiger partial charge >= 0.3 is 15.6 Å². The lowest BCUT2D eigenvalue weighted by molar-refractivity contribution is -0.102. The first kappa shape index (κ1) is 26.3. The Morgan fingerprint density at radius 3 is 2.49 bits per heavy atom. The third-order valence-electron chi connectivity index (χ3n) is 9.17. The number of nitrogens with zero attached hydrogens (tertiary/aromatic N) is 1.